The van der Waals surface area contributed by atoms with Crippen molar-refractivity contribution in [3.8, 4) is 17.2 Å². The average molecular weight is 483 g/mol. The van der Waals surface area contributed by atoms with E-state index >= 15 is 0 Å². The fraction of sp³-hybridized carbons (Fsp3) is 0. The fourth-order valence-electron chi connectivity index (χ4n) is 2.15. The number of aromatic carboxylic acids is 3. The van der Waals surface area contributed by atoms with E-state index in [1.54, 1.807) is 0 Å². The molecule has 9 N–H and O–H groups in total. The molecular formula is C21H18AlN3O9. The monoisotopic (exact) mass is 483 g/mol. The molecule has 0 aliphatic rings. The van der Waals surface area contributed by atoms with E-state index in [2.05, 4.69) is 0 Å². The van der Waals surface area contributed by atoms with E-state index < -0.39 is 35.2 Å². The Kier molecular flexibility index (Phi) is 11.3. The van der Waals surface area contributed by atoms with E-state index in [0.717, 1.165) is 18.2 Å². The third-order valence-corrected chi connectivity index (χ3v) is 3.71. The van der Waals surface area contributed by atoms with Crippen molar-refractivity contribution in [3.63, 3.8) is 0 Å². The van der Waals surface area contributed by atoms with Crippen LogP contribution in [0.4, 0.5) is 17.1 Å². The van der Waals surface area contributed by atoms with Crippen molar-refractivity contribution >= 4 is 52.3 Å². The minimum atomic E-state index is -1.23. The predicted octanol–water partition coefficient (Wildman–Crippen LogP) is -0.259. The number of nitrogens with two attached hydrogens (primary N) is 3. The molecule has 0 bridgehead atoms. The van der Waals surface area contributed by atoms with Crippen LogP contribution in [0.2, 0.25) is 0 Å². The van der Waals surface area contributed by atoms with Crippen LogP contribution in [-0.2, 0) is 0 Å². The van der Waals surface area contributed by atoms with Gasteiger partial charge >= 0.3 is 35.3 Å². The predicted molar refractivity (Wildman–Crippen MR) is 118 cm³/mol. The van der Waals surface area contributed by atoms with Gasteiger partial charge in [-0.25, -0.2) is 14.4 Å². The normalized spacial score (nSPS) is 9.18. The Bertz CT molecular complexity index is 1040. The average Bonchev–Trinajstić information content (AvgIpc) is 2.68. The quantitative estimate of drug-likeness (QED) is 0.208. The molecule has 0 atom stereocenters. The Labute approximate surface area is 203 Å². The summed E-state index contributed by atoms with van der Waals surface area (Å²) in [7, 11) is 0. The molecule has 0 fully saturated rings. The number of anilines is 3. The first kappa shape index (κ1) is 29.4. The van der Waals surface area contributed by atoms with E-state index in [0.29, 0.717) is 0 Å². The van der Waals surface area contributed by atoms with Gasteiger partial charge in [0.2, 0.25) is 0 Å². The van der Waals surface area contributed by atoms with Crippen LogP contribution >= 0.6 is 0 Å². The third-order valence-electron chi connectivity index (χ3n) is 3.71. The Morgan fingerprint density at radius 1 is 0.529 bits per heavy atom. The molecule has 0 saturated carbocycles. The number of hydrogen-bond acceptors (Lipinski definition) is 9. The summed E-state index contributed by atoms with van der Waals surface area (Å²) in [6.45, 7) is 0. The number of nitrogen functional groups attached to an aromatic ring is 3. The molecule has 3 aromatic carbocycles. The number of rotatable bonds is 3. The second-order valence-corrected chi connectivity index (χ2v) is 6.18. The smallest absolute Gasteiger partial charge is 0.872 e. The number of carboxylic acids is 3. The standard InChI is InChI=1S/3C7H7NO3.Al/c3*8-4-1-2-5(7(10)11)6(9)3-4;/h3*1-3,9H,8H2,(H,10,11);/q;;;+3/p-3. The largest absolute Gasteiger partial charge is 3.00 e. The zero-order chi connectivity index (χ0) is 25.3. The van der Waals surface area contributed by atoms with Crippen molar-refractivity contribution in [2.45, 2.75) is 0 Å². The molecule has 0 heterocycles. The van der Waals surface area contributed by atoms with Crippen LogP contribution in [0, 0.1) is 0 Å². The van der Waals surface area contributed by atoms with Gasteiger partial charge in [-0.1, -0.05) is 17.2 Å². The van der Waals surface area contributed by atoms with Crippen LogP contribution in [0.3, 0.4) is 0 Å². The van der Waals surface area contributed by atoms with Gasteiger partial charge in [0.15, 0.2) is 0 Å². The Hall–Kier alpha value is -4.60. The first-order chi connectivity index (χ1) is 15.3. The van der Waals surface area contributed by atoms with Crippen LogP contribution in [0.15, 0.2) is 54.6 Å². The fourth-order valence-corrected chi connectivity index (χ4v) is 2.15. The van der Waals surface area contributed by atoms with Crippen molar-refractivity contribution in [1.82, 2.24) is 0 Å². The van der Waals surface area contributed by atoms with Crippen molar-refractivity contribution in [3.05, 3.63) is 71.3 Å². The molecule has 0 radical (unpaired) electrons. The van der Waals surface area contributed by atoms with Crippen molar-refractivity contribution in [1.29, 1.82) is 0 Å². The van der Waals surface area contributed by atoms with Gasteiger partial charge < -0.3 is 47.8 Å². The molecule has 13 heteroatoms. The second kappa shape index (κ2) is 13.1. The summed E-state index contributed by atoms with van der Waals surface area (Å²) in [5.74, 6) is -5.35. The van der Waals surface area contributed by atoms with Crippen LogP contribution < -0.4 is 32.5 Å². The van der Waals surface area contributed by atoms with Crippen molar-refractivity contribution < 1.29 is 45.0 Å². The number of carboxylic acid groups (broad SMARTS) is 3. The minimum Gasteiger partial charge on any atom is -0.872 e. The van der Waals surface area contributed by atoms with Gasteiger partial charge in [-0.2, -0.15) is 0 Å². The number of carbonyl (C=O) groups is 3. The van der Waals surface area contributed by atoms with Crippen molar-refractivity contribution in [2.24, 2.45) is 0 Å². The van der Waals surface area contributed by atoms with E-state index in [-0.39, 0.29) is 51.1 Å². The molecule has 3 aromatic rings. The summed E-state index contributed by atoms with van der Waals surface area (Å²) in [4.78, 5) is 30.9. The van der Waals surface area contributed by atoms with Gasteiger partial charge in [0.05, 0.1) is 16.7 Å². The topological polar surface area (TPSA) is 259 Å². The van der Waals surface area contributed by atoms with Gasteiger partial charge in [0.1, 0.15) is 0 Å². The molecule has 174 valence electrons. The van der Waals surface area contributed by atoms with Crippen molar-refractivity contribution in [2.75, 3.05) is 17.2 Å². The van der Waals surface area contributed by atoms with E-state index in [1.165, 1.54) is 36.4 Å². The van der Waals surface area contributed by atoms with Gasteiger partial charge in [0.25, 0.3) is 0 Å². The van der Waals surface area contributed by atoms with Gasteiger partial charge in [0, 0.05) is 17.1 Å². The van der Waals surface area contributed by atoms with Crippen LogP contribution in [-0.4, -0.2) is 50.6 Å². The van der Waals surface area contributed by atoms with Gasteiger partial charge in [-0.15, -0.1) is 0 Å². The van der Waals surface area contributed by atoms with Crippen LogP contribution in [0.1, 0.15) is 31.1 Å². The Morgan fingerprint density at radius 2 is 0.735 bits per heavy atom. The molecule has 12 nitrogen and oxygen atoms in total. The van der Waals surface area contributed by atoms with E-state index in [9.17, 15) is 29.7 Å². The maximum atomic E-state index is 10.8. The summed E-state index contributed by atoms with van der Waals surface area (Å²) < 4.78 is 0. The molecule has 0 amide bonds. The van der Waals surface area contributed by atoms with Gasteiger partial charge in [-0.3, -0.25) is 0 Å². The van der Waals surface area contributed by atoms with Gasteiger partial charge in [-0.05, 0) is 54.6 Å². The Balaban J connectivity index is 0.000000473. The molecule has 0 aliphatic heterocycles. The van der Waals surface area contributed by atoms with Crippen LogP contribution in [0.25, 0.3) is 0 Å². The zero-order valence-electron chi connectivity index (χ0n) is 17.3. The molecule has 0 saturated heterocycles. The molecule has 34 heavy (non-hydrogen) atoms. The summed E-state index contributed by atoms with van der Waals surface area (Å²) in [5.41, 5.74) is 15.8. The van der Waals surface area contributed by atoms with E-state index in [4.69, 9.17) is 32.5 Å². The Morgan fingerprint density at radius 3 is 0.882 bits per heavy atom. The molecule has 0 unspecified atom stereocenters. The zero-order valence-corrected chi connectivity index (χ0v) is 18.5. The number of hydrogen-bond donors (Lipinski definition) is 6. The first-order valence-corrected chi connectivity index (χ1v) is 8.73. The summed E-state index contributed by atoms with van der Waals surface area (Å²) >= 11 is 0. The summed E-state index contributed by atoms with van der Waals surface area (Å²) in [6, 6.07) is 11.0. The maximum absolute atomic E-state index is 10.8. The minimum absolute atomic E-state index is 0. The SMILES string of the molecule is Nc1ccc(C(=O)O)c([O-])c1.Nc1ccc(C(=O)O)c([O-])c1.Nc1ccc(C(=O)O)c([O-])c1.[Al+3]. The van der Waals surface area contributed by atoms with Crippen LogP contribution in [0.5, 0.6) is 17.2 Å². The molecule has 0 aromatic heterocycles. The summed E-state index contributed by atoms with van der Waals surface area (Å²) in [5, 5.41) is 57.7. The third kappa shape index (κ3) is 8.87. The molecule has 0 spiro atoms. The molecule has 3 rings (SSSR count). The maximum Gasteiger partial charge on any atom is 3.00 e. The van der Waals surface area contributed by atoms with E-state index in [1.807, 2.05) is 0 Å². The molecular weight excluding hydrogens is 465 g/mol. The summed E-state index contributed by atoms with van der Waals surface area (Å²) in [6.07, 6.45) is 0. The number of benzene rings is 3. The molecule has 0 aliphatic carbocycles. The second-order valence-electron chi connectivity index (χ2n) is 6.18. The first-order valence-electron chi connectivity index (χ1n) is 8.73.